The molecule has 0 radical (unpaired) electrons. The van der Waals surface area contributed by atoms with Crippen LogP contribution in [-0.2, 0) is 26.2 Å². The number of halogens is 3. The molecular formula is C29H32Cl3N3O4S. The van der Waals surface area contributed by atoms with Crippen LogP contribution in [0.4, 0.5) is 5.69 Å². The van der Waals surface area contributed by atoms with Crippen molar-refractivity contribution in [1.82, 2.24) is 10.2 Å². The van der Waals surface area contributed by atoms with Crippen molar-refractivity contribution < 1.29 is 18.0 Å². The van der Waals surface area contributed by atoms with E-state index in [9.17, 15) is 18.0 Å². The fraction of sp³-hybridized carbons (Fsp3) is 0.310. The third kappa shape index (κ3) is 7.69. The van der Waals surface area contributed by atoms with Gasteiger partial charge in [0.25, 0.3) is 10.0 Å². The first-order valence-corrected chi connectivity index (χ1v) is 15.3. The quantitative estimate of drug-likeness (QED) is 0.265. The van der Waals surface area contributed by atoms with Gasteiger partial charge in [-0.2, -0.15) is 0 Å². The molecule has 0 aromatic heterocycles. The third-order valence-corrected chi connectivity index (χ3v) is 9.32. The minimum atomic E-state index is -4.27. The zero-order chi connectivity index (χ0) is 29.6. The monoisotopic (exact) mass is 623 g/mol. The SMILES string of the molecule is CC[C@@H](C)NC(=O)[C@H](C)N(Cc1cccc(Cl)c1)C(=O)CN(c1cccc(Cl)c1Cl)S(=O)(=O)c1ccc(C)cc1. The van der Waals surface area contributed by atoms with Crippen LogP contribution >= 0.6 is 34.8 Å². The first-order chi connectivity index (χ1) is 18.8. The summed E-state index contributed by atoms with van der Waals surface area (Å²) in [6.07, 6.45) is 0.705. The van der Waals surface area contributed by atoms with Gasteiger partial charge in [0.05, 0.1) is 20.6 Å². The van der Waals surface area contributed by atoms with Crippen molar-refractivity contribution in [2.75, 3.05) is 10.8 Å². The number of amides is 2. The molecule has 40 heavy (non-hydrogen) atoms. The van der Waals surface area contributed by atoms with Gasteiger partial charge >= 0.3 is 0 Å². The first-order valence-electron chi connectivity index (χ1n) is 12.7. The summed E-state index contributed by atoms with van der Waals surface area (Å²) >= 11 is 18.9. The number of sulfonamides is 1. The predicted octanol–water partition coefficient (Wildman–Crippen LogP) is 6.48. The van der Waals surface area contributed by atoms with Gasteiger partial charge in [-0.15, -0.1) is 0 Å². The number of anilines is 1. The number of rotatable bonds is 11. The largest absolute Gasteiger partial charge is 0.352 e. The number of benzene rings is 3. The Hall–Kier alpha value is -2.78. The molecule has 3 aromatic rings. The van der Waals surface area contributed by atoms with Gasteiger partial charge in [-0.3, -0.25) is 13.9 Å². The van der Waals surface area contributed by atoms with Crippen molar-refractivity contribution in [3.05, 3.63) is 92.9 Å². The summed E-state index contributed by atoms with van der Waals surface area (Å²) in [5.74, 6) is -0.975. The molecule has 1 N–H and O–H groups in total. The number of nitrogens with one attached hydrogen (secondary N) is 1. The maximum absolute atomic E-state index is 14.0. The van der Waals surface area contributed by atoms with E-state index in [4.69, 9.17) is 34.8 Å². The highest BCUT2D eigenvalue weighted by atomic mass is 35.5. The lowest BCUT2D eigenvalue weighted by Crippen LogP contribution is -2.52. The summed E-state index contributed by atoms with van der Waals surface area (Å²) in [6, 6.07) is 16.7. The van der Waals surface area contributed by atoms with Crippen LogP contribution in [0.25, 0.3) is 0 Å². The summed E-state index contributed by atoms with van der Waals surface area (Å²) < 4.78 is 28.8. The molecule has 0 aliphatic rings. The van der Waals surface area contributed by atoms with Crippen molar-refractivity contribution >= 4 is 62.3 Å². The van der Waals surface area contributed by atoms with E-state index >= 15 is 0 Å². The Morgan fingerprint density at radius 3 is 2.23 bits per heavy atom. The lowest BCUT2D eigenvalue weighted by Gasteiger charge is -2.32. The van der Waals surface area contributed by atoms with Crippen molar-refractivity contribution in [2.24, 2.45) is 0 Å². The summed E-state index contributed by atoms with van der Waals surface area (Å²) in [7, 11) is -4.27. The fourth-order valence-electron chi connectivity index (χ4n) is 3.92. The standard InChI is InChI=1S/C29H32Cl3N3O4S/c1-5-20(3)33-29(37)21(4)34(17-22-8-6-9-23(30)16-22)27(36)18-35(26-11-7-10-25(31)28(26)32)40(38,39)24-14-12-19(2)13-15-24/h6-16,20-21H,5,17-18H2,1-4H3,(H,33,37)/t20-,21+/m1/s1. The summed E-state index contributed by atoms with van der Waals surface area (Å²) in [4.78, 5) is 28.4. The normalized spacial score (nSPS) is 12.9. The van der Waals surface area contributed by atoms with E-state index in [2.05, 4.69) is 5.32 Å². The van der Waals surface area contributed by atoms with Gasteiger partial charge in [-0.25, -0.2) is 8.42 Å². The smallest absolute Gasteiger partial charge is 0.264 e. The highest BCUT2D eigenvalue weighted by Crippen LogP contribution is 2.35. The zero-order valence-electron chi connectivity index (χ0n) is 22.7. The second-order valence-corrected chi connectivity index (χ2v) is 12.6. The Bertz CT molecular complexity index is 1470. The van der Waals surface area contributed by atoms with Crippen LogP contribution in [0.15, 0.2) is 71.6 Å². The number of carbonyl (C=O) groups excluding carboxylic acids is 2. The Morgan fingerprint density at radius 1 is 0.950 bits per heavy atom. The average Bonchev–Trinajstić information content (AvgIpc) is 2.91. The van der Waals surface area contributed by atoms with Gasteiger partial charge in [0.2, 0.25) is 11.8 Å². The van der Waals surface area contributed by atoms with E-state index < -0.39 is 28.5 Å². The molecule has 0 aliphatic heterocycles. The van der Waals surface area contributed by atoms with E-state index in [-0.39, 0.29) is 39.1 Å². The number of aryl methyl sites for hydroxylation is 1. The predicted molar refractivity (Wildman–Crippen MR) is 162 cm³/mol. The van der Waals surface area contributed by atoms with E-state index in [1.54, 1.807) is 49.4 Å². The highest BCUT2D eigenvalue weighted by Gasteiger charge is 2.34. The number of hydrogen-bond donors (Lipinski definition) is 1. The van der Waals surface area contributed by atoms with E-state index in [0.717, 1.165) is 9.87 Å². The molecule has 0 bridgehead atoms. The molecule has 0 saturated carbocycles. The molecule has 0 saturated heterocycles. The van der Waals surface area contributed by atoms with Crippen LogP contribution in [0.3, 0.4) is 0 Å². The minimum absolute atomic E-state index is 0.0170. The van der Waals surface area contributed by atoms with Gasteiger partial charge in [0, 0.05) is 17.6 Å². The number of nitrogens with zero attached hydrogens (tertiary/aromatic N) is 2. The summed E-state index contributed by atoms with van der Waals surface area (Å²) in [5.41, 5.74) is 1.59. The van der Waals surface area contributed by atoms with Crippen LogP contribution in [0.5, 0.6) is 0 Å². The van der Waals surface area contributed by atoms with E-state index in [1.807, 2.05) is 20.8 Å². The molecule has 0 heterocycles. The van der Waals surface area contributed by atoms with Gasteiger partial charge in [0.15, 0.2) is 0 Å². The maximum Gasteiger partial charge on any atom is 0.264 e. The van der Waals surface area contributed by atoms with Crippen LogP contribution in [-0.4, -0.2) is 43.8 Å². The molecule has 2 atom stereocenters. The lowest BCUT2D eigenvalue weighted by atomic mass is 10.1. The number of hydrogen-bond acceptors (Lipinski definition) is 4. The van der Waals surface area contributed by atoms with Crippen molar-refractivity contribution in [3.8, 4) is 0 Å². The van der Waals surface area contributed by atoms with Crippen LogP contribution in [0, 0.1) is 6.92 Å². The highest BCUT2D eigenvalue weighted by molar-refractivity contribution is 7.92. The lowest BCUT2D eigenvalue weighted by molar-refractivity contribution is -0.139. The van der Waals surface area contributed by atoms with Crippen LogP contribution in [0.2, 0.25) is 15.1 Å². The summed E-state index contributed by atoms with van der Waals surface area (Å²) in [5, 5.41) is 3.48. The van der Waals surface area contributed by atoms with Gasteiger partial charge < -0.3 is 10.2 Å². The Balaban J connectivity index is 2.07. The molecule has 3 rings (SSSR count). The molecule has 0 spiro atoms. The second kappa shape index (κ2) is 13.7. The van der Waals surface area contributed by atoms with E-state index in [1.165, 1.54) is 29.2 Å². The number of carbonyl (C=O) groups is 2. The van der Waals surface area contributed by atoms with Crippen molar-refractivity contribution in [3.63, 3.8) is 0 Å². The van der Waals surface area contributed by atoms with Crippen molar-refractivity contribution in [1.29, 1.82) is 0 Å². The molecule has 2 amide bonds. The van der Waals surface area contributed by atoms with Crippen molar-refractivity contribution in [2.45, 2.75) is 57.6 Å². The topological polar surface area (TPSA) is 86.8 Å². The molecule has 3 aromatic carbocycles. The van der Waals surface area contributed by atoms with Gasteiger partial charge in [-0.05, 0) is 69.2 Å². The van der Waals surface area contributed by atoms with Crippen LogP contribution in [0.1, 0.15) is 38.3 Å². The minimum Gasteiger partial charge on any atom is -0.352 e. The van der Waals surface area contributed by atoms with Gasteiger partial charge in [-0.1, -0.05) is 77.6 Å². The average molecular weight is 625 g/mol. The summed E-state index contributed by atoms with van der Waals surface area (Å²) in [6.45, 7) is 6.64. The molecule has 7 nitrogen and oxygen atoms in total. The third-order valence-electron chi connectivity index (χ3n) is 6.50. The first kappa shape index (κ1) is 31.7. The molecule has 0 unspecified atom stereocenters. The second-order valence-electron chi connectivity index (χ2n) is 9.54. The van der Waals surface area contributed by atoms with Gasteiger partial charge in [0.1, 0.15) is 12.6 Å². The van der Waals surface area contributed by atoms with Crippen LogP contribution < -0.4 is 9.62 Å². The molecule has 0 fully saturated rings. The molecule has 11 heteroatoms. The maximum atomic E-state index is 14.0. The Morgan fingerprint density at radius 2 is 1.60 bits per heavy atom. The van der Waals surface area contributed by atoms with E-state index in [0.29, 0.717) is 17.0 Å². The molecule has 214 valence electrons. The Labute approximate surface area is 251 Å². The Kier molecular flexibility index (Phi) is 10.9. The molecular weight excluding hydrogens is 593 g/mol. The fourth-order valence-corrected chi connectivity index (χ4v) is 6.00. The molecule has 0 aliphatic carbocycles. The zero-order valence-corrected chi connectivity index (χ0v) is 25.8.